The van der Waals surface area contributed by atoms with E-state index < -0.39 is 5.91 Å². The predicted molar refractivity (Wildman–Crippen MR) is 121 cm³/mol. The minimum absolute atomic E-state index is 0.133. The van der Waals surface area contributed by atoms with Crippen molar-refractivity contribution in [2.24, 2.45) is 4.99 Å². The van der Waals surface area contributed by atoms with Crippen molar-refractivity contribution in [3.63, 3.8) is 0 Å². The topological polar surface area (TPSA) is 65.8 Å². The molecule has 0 fully saturated rings. The maximum Gasteiger partial charge on any atom is 0.283 e. The van der Waals surface area contributed by atoms with Gasteiger partial charge >= 0.3 is 0 Å². The van der Waals surface area contributed by atoms with Crippen LogP contribution in [0.2, 0.25) is 5.02 Å². The summed E-state index contributed by atoms with van der Waals surface area (Å²) in [6.07, 6.45) is 1.67. The SMILES string of the molecule is CC1=CSC2=NC(=O)C(=Cc3ccc(OCc4ccccc4Cl)c(Br)c3)C(=N)N12. The second-order valence-electron chi connectivity index (χ2n) is 6.39. The molecule has 8 heteroatoms. The van der Waals surface area contributed by atoms with Crippen molar-refractivity contribution in [1.82, 2.24) is 4.90 Å². The lowest BCUT2D eigenvalue weighted by Crippen LogP contribution is -2.37. The maximum absolute atomic E-state index is 12.4. The van der Waals surface area contributed by atoms with Gasteiger partial charge in [0.25, 0.3) is 5.91 Å². The fraction of sp³-hybridized carbons (Fsp3) is 0.0952. The monoisotopic (exact) mass is 487 g/mol. The number of allylic oxidation sites excluding steroid dienone is 1. The van der Waals surface area contributed by atoms with Gasteiger partial charge in [-0.3, -0.25) is 15.1 Å². The van der Waals surface area contributed by atoms with Gasteiger partial charge in [0.2, 0.25) is 0 Å². The van der Waals surface area contributed by atoms with Crippen LogP contribution in [0.3, 0.4) is 0 Å². The molecule has 146 valence electrons. The van der Waals surface area contributed by atoms with Gasteiger partial charge in [-0.1, -0.05) is 47.6 Å². The predicted octanol–water partition coefficient (Wildman–Crippen LogP) is 5.85. The number of benzene rings is 2. The standard InChI is InChI=1S/C21H15BrClN3O2S/c1-12-11-29-21-25-20(27)15(19(24)26(12)21)8-13-6-7-18(16(22)9-13)28-10-14-4-2-3-5-17(14)23/h2-9,11,24H,10H2,1H3. The van der Waals surface area contributed by atoms with Crippen LogP contribution in [0, 0.1) is 5.41 Å². The van der Waals surface area contributed by atoms with E-state index >= 15 is 0 Å². The Labute approximate surface area is 185 Å². The lowest BCUT2D eigenvalue weighted by atomic mass is 10.1. The number of amides is 1. The van der Waals surface area contributed by atoms with E-state index in [1.165, 1.54) is 11.8 Å². The Kier molecular flexibility index (Phi) is 5.63. The van der Waals surface area contributed by atoms with Crippen molar-refractivity contribution in [1.29, 1.82) is 5.41 Å². The number of hydrogen-bond donors (Lipinski definition) is 1. The molecular formula is C21H15BrClN3O2S. The first-order valence-electron chi connectivity index (χ1n) is 8.67. The summed E-state index contributed by atoms with van der Waals surface area (Å²) in [6.45, 7) is 2.23. The largest absolute Gasteiger partial charge is 0.488 e. The minimum Gasteiger partial charge on any atom is -0.488 e. The zero-order valence-electron chi connectivity index (χ0n) is 15.3. The Morgan fingerprint density at radius 2 is 2.10 bits per heavy atom. The summed E-state index contributed by atoms with van der Waals surface area (Å²) in [6, 6.07) is 13.0. The van der Waals surface area contributed by atoms with E-state index in [1.54, 1.807) is 11.0 Å². The van der Waals surface area contributed by atoms with Crippen LogP contribution in [0.1, 0.15) is 18.1 Å². The number of nitrogens with zero attached hydrogens (tertiary/aromatic N) is 2. The zero-order chi connectivity index (χ0) is 20.5. The molecule has 2 aliphatic rings. The third kappa shape index (κ3) is 4.03. The van der Waals surface area contributed by atoms with Crippen molar-refractivity contribution in [3.8, 4) is 5.75 Å². The molecular weight excluding hydrogens is 474 g/mol. The zero-order valence-corrected chi connectivity index (χ0v) is 18.4. The molecule has 0 radical (unpaired) electrons. The molecule has 29 heavy (non-hydrogen) atoms. The number of ether oxygens (including phenoxy) is 1. The Morgan fingerprint density at radius 1 is 1.31 bits per heavy atom. The average Bonchev–Trinajstić information content (AvgIpc) is 3.06. The molecule has 2 aliphatic heterocycles. The van der Waals surface area contributed by atoms with Gasteiger partial charge in [-0.05, 0) is 58.1 Å². The van der Waals surface area contributed by atoms with Gasteiger partial charge in [0, 0.05) is 16.3 Å². The lowest BCUT2D eigenvalue weighted by Gasteiger charge is -2.25. The van der Waals surface area contributed by atoms with E-state index in [0.29, 0.717) is 22.5 Å². The van der Waals surface area contributed by atoms with E-state index in [2.05, 4.69) is 20.9 Å². The molecule has 0 saturated carbocycles. The van der Waals surface area contributed by atoms with Crippen molar-refractivity contribution in [2.75, 3.05) is 0 Å². The van der Waals surface area contributed by atoms with Crippen LogP contribution in [-0.2, 0) is 11.4 Å². The van der Waals surface area contributed by atoms with Gasteiger partial charge in [0.15, 0.2) is 5.17 Å². The molecule has 2 aromatic carbocycles. The second kappa shape index (κ2) is 8.18. The normalized spacial score (nSPS) is 17.3. The Morgan fingerprint density at radius 3 is 2.86 bits per heavy atom. The highest BCUT2D eigenvalue weighted by molar-refractivity contribution is 9.10. The number of amidine groups is 2. The van der Waals surface area contributed by atoms with Gasteiger partial charge in [0.1, 0.15) is 18.2 Å². The third-order valence-electron chi connectivity index (χ3n) is 4.39. The number of carbonyl (C=O) groups is 1. The molecule has 0 unspecified atom stereocenters. The number of hydrogen-bond acceptors (Lipinski definition) is 4. The van der Waals surface area contributed by atoms with Crippen LogP contribution in [0.25, 0.3) is 6.08 Å². The summed E-state index contributed by atoms with van der Waals surface area (Å²) in [7, 11) is 0. The molecule has 2 heterocycles. The van der Waals surface area contributed by atoms with Gasteiger partial charge in [-0.15, -0.1) is 0 Å². The van der Waals surface area contributed by atoms with Crippen molar-refractivity contribution >= 4 is 62.3 Å². The number of thioether (sulfide) groups is 1. The fourth-order valence-corrected chi connectivity index (χ4v) is 4.46. The van der Waals surface area contributed by atoms with E-state index in [1.807, 2.05) is 54.8 Å². The van der Waals surface area contributed by atoms with Crippen LogP contribution in [-0.4, -0.2) is 21.8 Å². The highest BCUT2D eigenvalue weighted by Gasteiger charge is 2.33. The molecule has 1 amide bonds. The Balaban J connectivity index is 1.55. The van der Waals surface area contributed by atoms with Gasteiger partial charge < -0.3 is 4.74 Å². The minimum atomic E-state index is -0.410. The van der Waals surface area contributed by atoms with Crippen molar-refractivity contribution in [2.45, 2.75) is 13.5 Å². The van der Waals surface area contributed by atoms with Crippen LogP contribution in [0.4, 0.5) is 0 Å². The van der Waals surface area contributed by atoms with E-state index in [0.717, 1.165) is 21.3 Å². The molecule has 0 spiro atoms. The Hall–Kier alpha value is -2.35. The van der Waals surface area contributed by atoms with Gasteiger partial charge in [0.05, 0.1) is 10.0 Å². The molecule has 4 rings (SSSR count). The number of rotatable bonds is 4. The number of nitrogens with one attached hydrogen (secondary N) is 1. The number of carbonyl (C=O) groups excluding carboxylic acids is 1. The van der Waals surface area contributed by atoms with Crippen molar-refractivity contribution < 1.29 is 9.53 Å². The molecule has 1 N–H and O–H groups in total. The highest BCUT2D eigenvalue weighted by Crippen LogP contribution is 2.33. The fourth-order valence-electron chi connectivity index (χ4n) is 2.90. The van der Waals surface area contributed by atoms with Crippen LogP contribution >= 0.6 is 39.3 Å². The molecule has 0 aliphatic carbocycles. The third-order valence-corrected chi connectivity index (χ3v) is 6.33. The molecule has 0 bridgehead atoms. The summed E-state index contributed by atoms with van der Waals surface area (Å²) < 4.78 is 6.60. The van der Waals surface area contributed by atoms with E-state index in [9.17, 15) is 4.79 Å². The number of fused-ring (bicyclic) bond motifs is 1. The quantitative estimate of drug-likeness (QED) is 0.548. The second-order valence-corrected chi connectivity index (χ2v) is 8.49. The average molecular weight is 489 g/mol. The highest BCUT2D eigenvalue weighted by atomic mass is 79.9. The van der Waals surface area contributed by atoms with Crippen LogP contribution in [0.15, 0.2) is 68.6 Å². The first-order valence-corrected chi connectivity index (χ1v) is 10.7. The Bertz CT molecular complexity index is 1130. The van der Waals surface area contributed by atoms with Gasteiger partial charge in [-0.2, -0.15) is 4.99 Å². The van der Waals surface area contributed by atoms with E-state index in [-0.39, 0.29) is 11.4 Å². The molecule has 0 saturated heterocycles. The maximum atomic E-state index is 12.4. The molecule has 0 atom stereocenters. The summed E-state index contributed by atoms with van der Waals surface area (Å²) in [5, 5.41) is 11.5. The summed E-state index contributed by atoms with van der Waals surface area (Å²) >= 11 is 11.0. The number of aliphatic imine (C=N–C) groups is 1. The molecule has 5 nitrogen and oxygen atoms in total. The molecule has 0 aromatic heterocycles. The van der Waals surface area contributed by atoms with Crippen LogP contribution in [0.5, 0.6) is 5.75 Å². The lowest BCUT2D eigenvalue weighted by molar-refractivity contribution is -0.114. The number of halogens is 2. The molecule has 2 aromatic rings. The van der Waals surface area contributed by atoms with Crippen LogP contribution < -0.4 is 4.74 Å². The first kappa shape index (κ1) is 19.9. The van der Waals surface area contributed by atoms with Crippen molar-refractivity contribution in [3.05, 3.63) is 79.8 Å². The van der Waals surface area contributed by atoms with E-state index in [4.69, 9.17) is 21.7 Å². The smallest absolute Gasteiger partial charge is 0.283 e. The summed E-state index contributed by atoms with van der Waals surface area (Å²) in [4.78, 5) is 18.2. The first-order chi connectivity index (χ1) is 13.9. The van der Waals surface area contributed by atoms with Gasteiger partial charge in [-0.25, -0.2) is 0 Å². The summed E-state index contributed by atoms with van der Waals surface area (Å²) in [5.74, 6) is 0.382. The summed E-state index contributed by atoms with van der Waals surface area (Å²) in [5.41, 5.74) is 2.79.